The van der Waals surface area contributed by atoms with E-state index < -0.39 is 17.7 Å². The van der Waals surface area contributed by atoms with Crippen LogP contribution in [0.4, 0.5) is 23.7 Å². The minimum atomic E-state index is -1.09. The Morgan fingerprint density at radius 1 is 0.925 bits per heavy atom. The average Bonchev–Trinajstić information content (AvgIpc) is 3.36. The number of benzene rings is 3. The molecule has 2 N–H and O–H groups in total. The van der Waals surface area contributed by atoms with Crippen molar-refractivity contribution in [2.75, 3.05) is 38.7 Å². The Morgan fingerprint density at radius 2 is 1.70 bits per heavy atom. The molecule has 4 aromatic rings. The number of ether oxygens (including phenoxy) is 1. The number of H-pyrrole nitrogens is 1. The molecule has 0 aliphatic carbocycles. The summed E-state index contributed by atoms with van der Waals surface area (Å²) in [7, 11) is 1.53. The number of para-hydroxylation sites is 1. The van der Waals surface area contributed by atoms with Crippen LogP contribution in [-0.2, 0) is 22.5 Å². The van der Waals surface area contributed by atoms with E-state index in [4.69, 9.17) is 4.74 Å². The SMILES string of the molecule is COCCCN(CC(=O)N(CCc1c[nH]c2ccccc12)Cc1ccc(F)cc1)C(=O)Nc1ccc(F)c(F)c1. The summed E-state index contributed by atoms with van der Waals surface area (Å²) in [6.07, 6.45) is 2.93. The van der Waals surface area contributed by atoms with Crippen molar-refractivity contribution in [3.8, 4) is 0 Å². The zero-order valence-corrected chi connectivity index (χ0v) is 22.1. The summed E-state index contributed by atoms with van der Waals surface area (Å²) in [5, 5.41) is 3.59. The molecule has 10 heteroatoms. The summed E-state index contributed by atoms with van der Waals surface area (Å²) in [4.78, 5) is 32.9. The molecule has 40 heavy (non-hydrogen) atoms. The topological polar surface area (TPSA) is 77.7 Å². The Balaban J connectivity index is 1.51. The molecular weight excluding hydrogens is 521 g/mol. The monoisotopic (exact) mass is 552 g/mol. The summed E-state index contributed by atoms with van der Waals surface area (Å²) >= 11 is 0. The lowest BCUT2D eigenvalue weighted by atomic mass is 10.1. The number of methoxy groups -OCH3 is 1. The van der Waals surface area contributed by atoms with Gasteiger partial charge in [0.15, 0.2) is 11.6 Å². The lowest BCUT2D eigenvalue weighted by Gasteiger charge is -2.28. The Labute approximate surface area is 230 Å². The predicted octanol–water partition coefficient (Wildman–Crippen LogP) is 5.73. The van der Waals surface area contributed by atoms with E-state index in [1.807, 2.05) is 30.5 Å². The number of carbonyl (C=O) groups is 2. The number of halogens is 3. The van der Waals surface area contributed by atoms with Gasteiger partial charge in [-0.15, -0.1) is 0 Å². The largest absolute Gasteiger partial charge is 0.385 e. The molecule has 0 atom stereocenters. The molecule has 210 valence electrons. The van der Waals surface area contributed by atoms with Crippen LogP contribution in [-0.4, -0.2) is 60.1 Å². The van der Waals surface area contributed by atoms with E-state index in [-0.39, 0.29) is 37.0 Å². The maximum absolute atomic E-state index is 13.7. The summed E-state index contributed by atoms with van der Waals surface area (Å²) < 4.78 is 45.6. The number of anilines is 1. The number of urea groups is 1. The minimum Gasteiger partial charge on any atom is -0.385 e. The van der Waals surface area contributed by atoms with E-state index >= 15 is 0 Å². The van der Waals surface area contributed by atoms with Crippen LogP contribution in [0.3, 0.4) is 0 Å². The molecular formula is C30H31F3N4O3. The molecule has 0 spiro atoms. The average molecular weight is 553 g/mol. The van der Waals surface area contributed by atoms with Gasteiger partial charge in [0.05, 0.1) is 0 Å². The second-order valence-electron chi connectivity index (χ2n) is 9.38. The van der Waals surface area contributed by atoms with Gasteiger partial charge >= 0.3 is 6.03 Å². The van der Waals surface area contributed by atoms with Crippen LogP contribution >= 0.6 is 0 Å². The van der Waals surface area contributed by atoms with E-state index in [2.05, 4.69) is 10.3 Å². The molecule has 0 unspecified atom stereocenters. The summed E-state index contributed by atoms with van der Waals surface area (Å²) in [6.45, 7) is 0.881. The number of aromatic nitrogens is 1. The Kier molecular flexibility index (Phi) is 9.80. The van der Waals surface area contributed by atoms with Gasteiger partial charge in [0.25, 0.3) is 0 Å². The van der Waals surface area contributed by atoms with Crippen molar-refractivity contribution in [3.05, 3.63) is 102 Å². The van der Waals surface area contributed by atoms with Crippen LogP contribution < -0.4 is 5.32 Å². The maximum Gasteiger partial charge on any atom is 0.322 e. The predicted molar refractivity (Wildman–Crippen MR) is 147 cm³/mol. The van der Waals surface area contributed by atoms with Gasteiger partial charge in [-0.05, 0) is 54.3 Å². The molecule has 0 bridgehead atoms. The van der Waals surface area contributed by atoms with Gasteiger partial charge in [0.1, 0.15) is 12.4 Å². The van der Waals surface area contributed by atoms with Gasteiger partial charge in [-0.1, -0.05) is 30.3 Å². The highest BCUT2D eigenvalue weighted by Gasteiger charge is 2.22. The number of rotatable bonds is 12. The van der Waals surface area contributed by atoms with Gasteiger partial charge in [-0.2, -0.15) is 0 Å². The number of amides is 3. The summed E-state index contributed by atoms with van der Waals surface area (Å²) in [6, 6.07) is 16.2. The third-order valence-corrected chi connectivity index (χ3v) is 6.53. The Hall–Kier alpha value is -4.31. The molecule has 1 heterocycles. The van der Waals surface area contributed by atoms with Gasteiger partial charge in [-0.25, -0.2) is 18.0 Å². The van der Waals surface area contributed by atoms with Crippen LogP contribution in [0.15, 0.2) is 72.9 Å². The third kappa shape index (κ3) is 7.63. The number of nitrogens with zero attached hydrogens (tertiary/aromatic N) is 2. The highest BCUT2D eigenvalue weighted by atomic mass is 19.2. The molecule has 1 aromatic heterocycles. The first kappa shape index (κ1) is 28.7. The number of nitrogens with one attached hydrogen (secondary N) is 2. The second kappa shape index (κ2) is 13.7. The van der Waals surface area contributed by atoms with Crippen LogP contribution in [0.1, 0.15) is 17.5 Å². The normalized spacial score (nSPS) is 11.0. The molecule has 3 aromatic carbocycles. The fourth-order valence-corrected chi connectivity index (χ4v) is 4.39. The van der Waals surface area contributed by atoms with Gasteiger partial charge in [-0.3, -0.25) is 4.79 Å². The number of hydrogen-bond acceptors (Lipinski definition) is 3. The minimum absolute atomic E-state index is 0.0654. The first-order chi connectivity index (χ1) is 19.3. The fourth-order valence-electron chi connectivity index (χ4n) is 4.39. The number of carbonyl (C=O) groups excluding carboxylic acids is 2. The molecule has 7 nitrogen and oxygen atoms in total. The Bertz CT molecular complexity index is 1440. The van der Waals surface area contributed by atoms with Crippen LogP contribution in [0.2, 0.25) is 0 Å². The molecule has 3 amide bonds. The number of fused-ring (bicyclic) bond motifs is 1. The molecule has 0 saturated heterocycles. The van der Waals surface area contributed by atoms with Crippen LogP contribution in [0, 0.1) is 17.5 Å². The van der Waals surface area contributed by atoms with Crippen LogP contribution in [0.5, 0.6) is 0 Å². The summed E-state index contributed by atoms with van der Waals surface area (Å²) in [5.41, 5.74) is 2.84. The second-order valence-corrected chi connectivity index (χ2v) is 9.38. The van der Waals surface area contributed by atoms with Crippen molar-refractivity contribution in [2.24, 2.45) is 0 Å². The van der Waals surface area contributed by atoms with E-state index in [9.17, 15) is 22.8 Å². The number of hydrogen-bond donors (Lipinski definition) is 2. The van der Waals surface area contributed by atoms with E-state index in [1.165, 1.54) is 30.2 Å². The van der Waals surface area contributed by atoms with Crippen molar-refractivity contribution in [1.82, 2.24) is 14.8 Å². The highest BCUT2D eigenvalue weighted by molar-refractivity contribution is 5.92. The quantitative estimate of drug-likeness (QED) is 0.221. The molecule has 4 rings (SSSR count). The molecule has 0 aliphatic rings. The zero-order chi connectivity index (χ0) is 28.5. The van der Waals surface area contributed by atoms with Crippen molar-refractivity contribution >= 4 is 28.5 Å². The molecule has 0 fully saturated rings. The van der Waals surface area contributed by atoms with E-state index in [0.29, 0.717) is 26.0 Å². The fraction of sp³-hybridized carbons (Fsp3) is 0.267. The third-order valence-electron chi connectivity index (χ3n) is 6.53. The van der Waals surface area contributed by atoms with Crippen LogP contribution in [0.25, 0.3) is 10.9 Å². The standard InChI is InChI=1S/C30H31F3N4O3/c1-40-16-4-14-37(30(39)35-24-11-12-26(32)27(33)17-24)20-29(38)36(19-21-7-9-23(31)10-8-21)15-13-22-18-34-28-6-3-2-5-25(22)28/h2-3,5-12,17-18,34H,4,13-16,19-20H2,1H3,(H,35,39). The first-order valence-electron chi connectivity index (χ1n) is 12.9. The van der Waals surface area contributed by atoms with Gasteiger partial charge < -0.3 is 24.8 Å². The lowest BCUT2D eigenvalue weighted by molar-refractivity contribution is -0.132. The zero-order valence-electron chi connectivity index (χ0n) is 22.1. The summed E-state index contributed by atoms with van der Waals surface area (Å²) in [5.74, 6) is -2.82. The smallest absolute Gasteiger partial charge is 0.322 e. The highest BCUT2D eigenvalue weighted by Crippen LogP contribution is 2.19. The Morgan fingerprint density at radius 3 is 2.45 bits per heavy atom. The first-order valence-corrected chi connectivity index (χ1v) is 12.9. The van der Waals surface area contributed by atoms with E-state index in [1.54, 1.807) is 17.0 Å². The molecule has 0 aliphatic heterocycles. The number of aromatic amines is 1. The maximum atomic E-state index is 13.7. The molecule has 0 saturated carbocycles. The van der Waals surface area contributed by atoms with Gasteiger partial charge in [0.2, 0.25) is 5.91 Å². The van der Waals surface area contributed by atoms with Crippen molar-refractivity contribution in [1.29, 1.82) is 0 Å². The van der Waals surface area contributed by atoms with Gasteiger partial charge in [0, 0.05) is 62.2 Å². The van der Waals surface area contributed by atoms with E-state index in [0.717, 1.165) is 34.2 Å². The van der Waals surface area contributed by atoms with Crippen molar-refractivity contribution < 1.29 is 27.5 Å². The van der Waals surface area contributed by atoms with Crippen molar-refractivity contribution in [2.45, 2.75) is 19.4 Å². The van der Waals surface area contributed by atoms with Crippen molar-refractivity contribution in [3.63, 3.8) is 0 Å². The lowest BCUT2D eigenvalue weighted by Crippen LogP contribution is -2.45. The molecule has 0 radical (unpaired) electrons.